The molecule has 3 rings (SSSR count). The highest BCUT2D eigenvalue weighted by Crippen LogP contribution is 2.40. The van der Waals surface area contributed by atoms with E-state index in [4.69, 9.17) is 4.74 Å². The molecule has 0 aliphatic carbocycles. The number of hydrogen-bond donors (Lipinski definition) is 0. The second-order valence-corrected chi connectivity index (χ2v) is 8.92. The van der Waals surface area contributed by atoms with E-state index < -0.39 is 27.9 Å². The molecule has 9 heteroatoms. The summed E-state index contributed by atoms with van der Waals surface area (Å²) in [6.45, 7) is 5.98. The van der Waals surface area contributed by atoms with E-state index in [9.17, 15) is 18.0 Å². The summed E-state index contributed by atoms with van der Waals surface area (Å²) in [6.07, 6.45) is 4.45. The van der Waals surface area contributed by atoms with Crippen LogP contribution in [0, 0.1) is 5.92 Å². The molecular formula is C17H27N3O5S. The number of amides is 2. The van der Waals surface area contributed by atoms with Crippen molar-refractivity contribution in [1.82, 2.24) is 14.1 Å². The van der Waals surface area contributed by atoms with Crippen LogP contribution in [0.25, 0.3) is 0 Å². The second-order valence-electron chi connectivity index (χ2n) is 7.08. The lowest BCUT2D eigenvalue weighted by molar-refractivity contribution is -0.134. The quantitative estimate of drug-likeness (QED) is 0.641. The van der Waals surface area contributed by atoms with Gasteiger partial charge in [-0.2, -0.15) is 0 Å². The van der Waals surface area contributed by atoms with Crippen LogP contribution in [0.15, 0.2) is 11.8 Å². The van der Waals surface area contributed by atoms with Gasteiger partial charge in [0.2, 0.25) is 21.8 Å². The van der Waals surface area contributed by atoms with Crippen molar-refractivity contribution >= 4 is 21.8 Å². The van der Waals surface area contributed by atoms with Gasteiger partial charge < -0.3 is 9.64 Å². The lowest BCUT2D eigenvalue weighted by atomic mass is 9.96. The number of carbonyl (C=O) groups is 2. The average Bonchev–Trinajstić information content (AvgIpc) is 3.12. The third-order valence-electron chi connectivity index (χ3n) is 5.27. The van der Waals surface area contributed by atoms with Crippen molar-refractivity contribution in [2.24, 2.45) is 5.92 Å². The molecule has 26 heavy (non-hydrogen) atoms. The monoisotopic (exact) mass is 385 g/mol. The van der Waals surface area contributed by atoms with Gasteiger partial charge in [0, 0.05) is 32.6 Å². The summed E-state index contributed by atoms with van der Waals surface area (Å²) < 4.78 is 30.4. The van der Waals surface area contributed by atoms with Gasteiger partial charge >= 0.3 is 0 Å². The van der Waals surface area contributed by atoms with E-state index in [1.54, 1.807) is 11.0 Å². The summed E-state index contributed by atoms with van der Waals surface area (Å²) >= 11 is 0. The minimum atomic E-state index is -3.68. The van der Waals surface area contributed by atoms with Crippen molar-refractivity contribution in [3.8, 4) is 0 Å². The number of morpholine rings is 1. The molecule has 0 unspecified atom stereocenters. The van der Waals surface area contributed by atoms with E-state index in [-0.39, 0.29) is 5.91 Å². The highest BCUT2D eigenvalue weighted by atomic mass is 32.2. The number of ether oxygens (including phenoxy) is 1. The summed E-state index contributed by atoms with van der Waals surface area (Å²) in [4.78, 5) is 29.3. The van der Waals surface area contributed by atoms with Crippen LogP contribution in [0.4, 0.5) is 0 Å². The smallest absolute Gasteiger partial charge is 0.246 e. The molecule has 0 bridgehead atoms. The van der Waals surface area contributed by atoms with Crippen LogP contribution in [-0.2, 0) is 24.3 Å². The van der Waals surface area contributed by atoms with Crippen molar-refractivity contribution in [2.75, 3.05) is 45.6 Å². The Kier molecular flexibility index (Phi) is 5.69. The summed E-state index contributed by atoms with van der Waals surface area (Å²) in [5, 5.41) is 0. The van der Waals surface area contributed by atoms with Crippen molar-refractivity contribution in [1.29, 1.82) is 0 Å². The predicted octanol–water partition coefficient (Wildman–Crippen LogP) is 0.0215. The third-order valence-corrected chi connectivity index (χ3v) is 6.32. The number of carbonyl (C=O) groups excluding carboxylic acids is 2. The standard InChI is InChI=1S/C17H27N3O5S/c1-3-4-13-16-14(20(17(13)22)26(2,23)24)5-8-19(16)15(21)6-7-18-9-11-25-12-10-18/h5,13,16H,3-4,6-12H2,1-2H3/t13-,16-/m1/s1. The molecule has 8 nitrogen and oxygen atoms in total. The predicted molar refractivity (Wildman–Crippen MR) is 95.5 cm³/mol. The molecule has 0 aromatic heterocycles. The Morgan fingerprint density at radius 3 is 2.62 bits per heavy atom. The Balaban J connectivity index is 1.72. The summed E-state index contributed by atoms with van der Waals surface area (Å²) in [5.74, 6) is -0.913. The maximum Gasteiger partial charge on any atom is 0.246 e. The third kappa shape index (κ3) is 3.65. The van der Waals surface area contributed by atoms with Crippen molar-refractivity contribution in [3.05, 3.63) is 11.8 Å². The Hall–Kier alpha value is -1.45. The number of rotatable bonds is 6. The van der Waals surface area contributed by atoms with Crippen LogP contribution >= 0.6 is 0 Å². The first-order valence-corrected chi connectivity index (χ1v) is 11.0. The van der Waals surface area contributed by atoms with Crippen LogP contribution in [0.2, 0.25) is 0 Å². The zero-order chi connectivity index (χ0) is 18.9. The van der Waals surface area contributed by atoms with Gasteiger partial charge in [0.15, 0.2) is 0 Å². The van der Waals surface area contributed by atoms with E-state index >= 15 is 0 Å². The van der Waals surface area contributed by atoms with Crippen LogP contribution in [-0.4, -0.2) is 86.0 Å². The van der Waals surface area contributed by atoms with Gasteiger partial charge in [-0.15, -0.1) is 0 Å². The van der Waals surface area contributed by atoms with Crippen LogP contribution in [0.5, 0.6) is 0 Å². The molecule has 0 saturated carbocycles. The minimum absolute atomic E-state index is 0.0306. The first-order valence-electron chi connectivity index (χ1n) is 9.18. The van der Waals surface area contributed by atoms with E-state index in [0.29, 0.717) is 44.8 Å². The number of sulfonamides is 1. The molecule has 146 valence electrons. The van der Waals surface area contributed by atoms with E-state index in [2.05, 4.69) is 4.90 Å². The van der Waals surface area contributed by atoms with Gasteiger partial charge in [-0.25, -0.2) is 12.7 Å². The van der Waals surface area contributed by atoms with Gasteiger partial charge in [-0.1, -0.05) is 13.3 Å². The lowest BCUT2D eigenvalue weighted by Gasteiger charge is -2.30. The van der Waals surface area contributed by atoms with Crippen molar-refractivity contribution in [3.63, 3.8) is 0 Å². The molecular weight excluding hydrogens is 358 g/mol. The summed E-state index contributed by atoms with van der Waals surface area (Å²) in [5.41, 5.74) is 0.454. The first-order chi connectivity index (χ1) is 12.3. The zero-order valence-electron chi connectivity index (χ0n) is 15.4. The van der Waals surface area contributed by atoms with E-state index in [1.807, 2.05) is 6.92 Å². The molecule has 0 spiro atoms. The Labute approximate surface area is 154 Å². The number of hydrogen-bond acceptors (Lipinski definition) is 6. The maximum absolute atomic E-state index is 12.8. The molecule has 2 amide bonds. The van der Waals surface area contributed by atoms with Crippen LogP contribution < -0.4 is 0 Å². The molecule has 3 heterocycles. The Morgan fingerprint density at radius 2 is 2.00 bits per heavy atom. The maximum atomic E-state index is 12.8. The SMILES string of the molecule is CCC[C@H]1C(=O)N(S(C)(=O)=O)C2=CCN(C(=O)CCN3CCOCC3)[C@@H]21. The average molecular weight is 385 g/mol. The Bertz CT molecular complexity index is 699. The summed E-state index contributed by atoms with van der Waals surface area (Å²) in [7, 11) is -3.68. The van der Waals surface area contributed by atoms with Gasteiger partial charge in [-0.05, 0) is 12.5 Å². The highest BCUT2D eigenvalue weighted by Gasteiger charge is 2.53. The lowest BCUT2D eigenvalue weighted by Crippen LogP contribution is -2.43. The summed E-state index contributed by atoms with van der Waals surface area (Å²) in [6, 6.07) is -0.450. The van der Waals surface area contributed by atoms with E-state index in [0.717, 1.165) is 30.1 Å². The zero-order valence-corrected chi connectivity index (χ0v) is 16.2. The molecule has 3 aliphatic rings. The number of fused-ring (bicyclic) bond motifs is 1. The van der Waals surface area contributed by atoms with Crippen molar-refractivity contribution in [2.45, 2.75) is 32.2 Å². The fourth-order valence-corrected chi connectivity index (χ4v) is 5.08. The molecule has 2 atom stereocenters. The fourth-order valence-electron chi connectivity index (χ4n) is 4.05. The van der Waals surface area contributed by atoms with E-state index in [1.165, 1.54) is 0 Å². The molecule has 0 radical (unpaired) electrons. The highest BCUT2D eigenvalue weighted by molar-refractivity contribution is 7.89. The van der Waals surface area contributed by atoms with Crippen molar-refractivity contribution < 1.29 is 22.7 Å². The topological polar surface area (TPSA) is 87.2 Å². The molecule has 3 aliphatic heterocycles. The van der Waals surface area contributed by atoms with Crippen LogP contribution in [0.1, 0.15) is 26.2 Å². The largest absolute Gasteiger partial charge is 0.379 e. The molecule has 2 fully saturated rings. The normalized spacial score (nSPS) is 27.0. The minimum Gasteiger partial charge on any atom is -0.379 e. The number of nitrogens with zero attached hydrogens (tertiary/aromatic N) is 3. The van der Waals surface area contributed by atoms with Crippen LogP contribution in [0.3, 0.4) is 0 Å². The molecule has 0 N–H and O–H groups in total. The van der Waals surface area contributed by atoms with Gasteiger partial charge in [-0.3, -0.25) is 14.5 Å². The fraction of sp³-hybridized carbons (Fsp3) is 0.765. The molecule has 0 aromatic rings. The molecule has 2 saturated heterocycles. The van der Waals surface area contributed by atoms with Gasteiger partial charge in [0.1, 0.15) is 0 Å². The first kappa shape index (κ1) is 19.3. The second kappa shape index (κ2) is 7.66. The molecule has 0 aromatic carbocycles. The Morgan fingerprint density at radius 1 is 1.31 bits per heavy atom. The van der Waals surface area contributed by atoms with Gasteiger partial charge in [0.05, 0.1) is 37.1 Å². The van der Waals surface area contributed by atoms with Gasteiger partial charge in [0.25, 0.3) is 0 Å².